The first-order valence-corrected chi connectivity index (χ1v) is 11.0. The van der Waals surface area contributed by atoms with Crippen molar-refractivity contribution in [2.75, 3.05) is 0 Å². The van der Waals surface area contributed by atoms with Crippen molar-refractivity contribution in [1.82, 2.24) is 20.2 Å². The number of rotatable bonds is 5. The summed E-state index contributed by atoms with van der Waals surface area (Å²) in [4.78, 5) is 12.5. The zero-order valence-electron chi connectivity index (χ0n) is 18.9. The van der Waals surface area contributed by atoms with Crippen LogP contribution in [0.4, 0.5) is 0 Å². The second-order valence-electron chi connectivity index (χ2n) is 8.20. The Morgan fingerprint density at radius 3 is 2.64 bits per heavy atom. The van der Waals surface area contributed by atoms with E-state index in [4.69, 9.17) is 0 Å². The van der Waals surface area contributed by atoms with Gasteiger partial charge in [0.2, 0.25) is 0 Å². The van der Waals surface area contributed by atoms with Crippen LogP contribution in [0.5, 0.6) is 0 Å². The minimum atomic E-state index is -0.336. The SMILES string of the molecule is CCn1c2ccccc2c2cc(/C=N/NC(=O)c3cc(-c4ccc(C)c(C)c4)n[nH]3)ccc21. The first-order chi connectivity index (χ1) is 16.0. The Kier molecular flexibility index (Phi) is 5.26. The lowest BCUT2D eigenvalue weighted by Gasteiger charge is -2.02. The molecule has 0 spiro atoms. The maximum Gasteiger partial charge on any atom is 0.289 e. The molecule has 2 N–H and O–H groups in total. The van der Waals surface area contributed by atoms with Crippen LogP contribution in [-0.2, 0) is 6.54 Å². The number of aryl methyl sites for hydroxylation is 3. The fourth-order valence-corrected chi connectivity index (χ4v) is 4.20. The average molecular weight is 436 g/mol. The molecule has 0 unspecified atom stereocenters. The number of para-hydroxylation sites is 1. The molecule has 2 aromatic heterocycles. The van der Waals surface area contributed by atoms with Crippen LogP contribution in [-0.4, -0.2) is 26.9 Å². The summed E-state index contributed by atoms with van der Waals surface area (Å²) in [7, 11) is 0. The summed E-state index contributed by atoms with van der Waals surface area (Å²) in [5.41, 5.74) is 10.4. The van der Waals surface area contributed by atoms with Crippen LogP contribution >= 0.6 is 0 Å². The molecule has 6 heteroatoms. The minimum absolute atomic E-state index is 0.336. The number of fused-ring (bicyclic) bond motifs is 3. The second kappa shape index (κ2) is 8.39. The normalized spacial score (nSPS) is 11.6. The van der Waals surface area contributed by atoms with Crippen molar-refractivity contribution in [1.29, 1.82) is 0 Å². The van der Waals surface area contributed by atoms with E-state index in [0.717, 1.165) is 23.4 Å². The highest BCUT2D eigenvalue weighted by atomic mass is 16.2. The Hall–Kier alpha value is -4.19. The zero-order valence-corrected chi connectivity index (χ0v) is 18.9. The predicted octanol–water partition coefficient (Wildman–Crippen LogP) is 5.59. The average Bonchev–Trinajstić information content (AvgIpc) is 3.44. The van der Waals surface area contributed by atoms with E-state index in [9.17, 15) is 4.79 Å². The van der Waals surface area contributed by atoms with Crippen LogP contribution in [0.3, 0.4) is 0 Å². The number of amides is 1. The van der Waals surface area contributed by atoms with Crippen molar-refractivity contribution >= 4 is 33.9 Å². The molecule has 0 aliphatic heterocycles. The summed E-state index contributed by atoms with van der Waals surface area (Å²) >= 11 is 0. The van der Waals surface area contributed by atoms with Gasteiger partial charge in [0.05, 0.1) is 11.9 Å². The predicted molar refractivity (Wildman–Crippen MR) is 134 cm³/mol. The maximum absolute atomic E-state index is 12.5. The Bertz CT molecular complexity index is 1520. The first-order valence-electron chi connectivity index (χ1n) is 11.0. The van der Waals surface area contributed by atoms with Crippen LogP contribution in [0.25, 0.3) is 33.1 Å². The number of aromatic amines is 1. The van der Waals surface area contributed by atoms with E-state index < -0.39 is 0 Å². The van der Waals surface area contributed by atoms with Gasteiger partial charge >= 0.3 is 0 Å². The molecule has 33 heavy (non-hydrogen) atoms. The Morgan fingerprint density at radius 1 is 1.00 bits per heavy atom. The molecule has 3 aromatic carbocycles. The van der Waals surface area contributed by atoms with Gasteiger partial charge in [-0.25, -0.2) is 5.43 Å². The highest BCUT2D eigenvalue weighted by Gasteiger charge is 2.12. The van der Waals surface area contributed by atoms with Gasteiger partial charge in [0, 0.05) is 33.9 Å². The topological polar surface area (TPSA) is 75.1 Å². The molecular weight excluding hydrogens is 410 g/mol. The van der Waals surface area contributed by atoms with E-state index in [0.29, 0.717) is 5.69 Å². The lowest BCUT2D eigenvalue weighted by Crippen LogP contribution is -2.18. The van der Waals surface area contributed by atoms with Gasteiger partial charge in [0.15, 0.2) is 0 Å². The Balaban J connectivity index is 1.34. The number of hydrogen-bond donors (Lipinski definition) is 2. The largest absolute Gasteiger partial charge is 0.341 e. The lowest BCUT2D eigenvalue weighted by atomic mass is 10.0. The van der Waals surface area contributed by atoms with E-state index in [1.165, 1.54) is 32.9 Å². The minimum Gasteiger partial charge on any atom is -0.341 e. The van der Waals surface area contributed by atoms with Gasteiger partial charge in [-0.2, -0.15) is 10.2 Å². The van der Waals surface area contributed by atoms with Gasteiger partial charge in [0.25, 0.3) is 5.91 Å². The van der Waals surface area contributed by atoms with Crippen molar-refractivity contribution in [2.45, 2.75) is 27.3 Å². The number of hydrogen-bond acceptors (Lipinski definition) is 3. The fourth-order valence-electron chi connectivity index (χ4n) is 4.20. The highest BCUT2D eigenvalue weighted by Crippen LogP contribution is 2.29. The number of H-pyrrole nitrogens is 1. The third-order valence-electron chi connectivity index (χ3n) is 6.12. The quantitative estimate of drug-likeness (QED) is 0.279. The Morgan fingerprint density at radius 2 is 1.82 bits per heavy atom. The highest BCUT2D eigenvalue weighted by molar-refractivity contribution is 6.09. The number of nitrogens with zero attached hydrogens (tertiary/aromatic N) is 3. The van der Waals surface area contributed by atoms with E-state index in [1.54, 1.807) is 12.3 Å². The molecule has 5 rings (SSSR count). The number of carbonyl (C=O) groups is 1. The van der Waals surface area contributed by atoms with E-state index in [1.807, 2.05) is 12.1 Å². The van der Waals surface area contributed by atoms with E-state index in [2.05, 4.69) is 94.6 Å². The van der Waals surface area contributed by atoms with Gasteiger partial charge in [-0.1, -0.05) is 36.4 Å². The first kappa shape index (κ1) is 20.7. The van der Waals surface area contributed by atoms with Gasteiger partial charge in [-0.05, 0) is 67.8 Å². The molecule has 1 amide bonds. The summed E-state index contributed by atoms with van der Waals surface area (Å²) in [6.07, 6.45) is 1.66. The third-order valence-corrected chi connectivity index (χ3v) is 6.12. The van der Waals surface area contributed by atoms with Crippen LogP contribution in [0.15, 0.2) is 71.8 Å². The van der Waals surface area contributed by atoms with Crippen LogP contribution < -0.4 is 5.43 Å². The molecule has 5 aromatic rings. The van der Waals surface area contributed by atoms with Gasteiger partial charge in [-0.15, -0.1) is 0 Å². The smallest absolute Gasteiger partial charge is 0.289 e. The van der Waals surface area contributed by atoms with Crippen LogP contribution in [0.2, 0.25) is 0 Å². The molecule has 0 aliphatic carbocycles. The van der Waals surface area contributed by atoms with Crippen LogP contribution in [0, 0.1) is 13.8 Å². The third kappa shape index (κ3) is 3.80. The summed E-state index contributed by atoms with van der Waals surface area (Å²) in [6.45, 7) is 7.19. The summed E-state index contributed by atoms with van der Waals surface area (Å²) in [6, 6.07) is 22.5. The molecular formula is C27H25N5O. The molecule has 0 fully saturated rings. The van der Waals surface area contributed by atoms with E-state index in [-0.39, 0.29) is 5.91 Å². The van der Waals surface area contributed by atoms with Crippen molar-refractivity contribution < 1.29 is 4.79 Å². The zero-order chi connectivity index (χ0) is 22.9. The molecule has 0 atom stereocenters. The van der Waals surface area contributed by atoms with Crippen molar-refractivity contribution in [3.63, 3.8) is 0 Å². The summed E-state index contributed by atoms with van der Waals surface area (Å²) < 4.78 is 2.30. The van der Waals surface area contributed by atoms with Crippen molar-refractivity contribution in [2.24, 2.45) is 5.10 Å². The fraction of sp³-hybridized carbons (Fsp3) is 0.148. The number of benzene rings is 3. The van der Waals surface area contributed by atoms with Crippen molar-refractivity contribution in [3.05, 3.63) is 89.1 Å². The molecule has 2 heterocycles. The monoisotopic (exact) mass is 435 g/mol. The molecule has 0 saturated carbocycles. The molecule has 0 radical (unpaired) electrons. The number of carbonyl (C=O) groups excluding carboxylic acids is 1. The second-order valence-corrected chi connectivity index (χ2v) is 8.20. The number of aromatic nitrogens is 3. The summed E-state index contributed by atoms with van der Waals surface area (Å²) in [5, 5.41) is 13.6. The molecule has 164 valence electrons. The number of hydrazone groups is 1. The van der Waals surface area contributed by atoms with Gasteiger partial charge in [-0.3, -0.25) is 9.89 Å². The standard InChI is InChI=1S/C27H25N5O/c1-4-32-25-8-6-5-7-21(25)22-14-19(10-12-26(22)32)16-28-31-27(33)24-15-23(29-30-24)20-11-9-17(2)18(3)13-20/h5-16H,4H2,1-3H3,(H,29,30)(H,31,33)/b28-16+. The molecule has 0 saturated heterocycles. The number of nitrogens with one attached hydrogen (secondary N) is 2. The lowest BCUT2D eigenvalue weighted by molar-refractivity contribution is 0.0950. The molecule has 0 bridgehead atoms. The van der Waals surface area contributed by atoms with Gasteiger partial charge in [0.1, 0.15) is 5.69 Å². The van der Waals surface area contributed by atoms with Crippen LogP contribution in [0.1, 0.15) is 34.1 Å². The maximum atomic E-state index is 12.5. The molecule has 0 aliphatic rings. The Labute approximate surface area is 191 Å². The summed E-state index contributed by atoms with van der Waals surface area (Å²) in [5.74, 6) is -0.336. The van der Waals surface area contributed by atoms with E-state index >= 15 is 0 Å². The molecule has 6 nitrogen and oxygen atoms in total. The van der Waals surface area contributed by atoms with Crippen molar-refractivity contribution in [3.8, 4) is 11.3 Å². The van der Waals surface area contributed by atoms with Gasteiger partial charge < -0.3 is 4.57 Å².